The predicted molar refractivity (Wildman–Crippen MR) is 94.4 cm³/mol. The highest BCUT2D eigenvalue weighted by molar-refractivity contribution is 5.83. The number of piperidine rings is 1. The molecule has 2 saturated heterocycles. The number of aromatic nitrogens is 2. The summed E-state index contributed by atoms with van der Waals surface area (Å²) in [5.74, 6) is 1.81. The summed E-state index contributed by atoms with van der Waals surface area (Å²) in [5, 5.41) is 0. The number of anilines is 1. The average Bonchev–Trinajstić information content (AvgIpc) is 3.17. The molecular weight excluding hydrogens is 334 g/mol. The summed E-state index contributed by atoms with van der Waals surface area (Å²) < 4.78 is 5.00. The number of piperazine rings is 1. The average molecular weight is 359 g/mol. The van der Waals surface area contributed by atoms with Crippen LogP contribution < -0.4 is 4.90 Å². The van der Waals surface area contributed by atoms with Crippen molar-refractivity contribution in [1.82, 2.24) is 19.8 Å². The van der Waals surface area contributed by atoms with Gasteiger partial charge >= 0.3 is 5.97 Å². The lowest BCUT2D eigenvalue weighted by atomic mass is 10.2. The van der Waals surface area contributed by atoms with Crippen LogP contribution in [-0.2, 0) is 14.3 Å². The SMILES string of the molecule is CCOC(=O)CN1C[C@@H]2C(C(=O)N3CCN(c4ncccn4)CC3)[C@@H]2C1. The second-order valence-electron chi connectivity index (χ2n) is 7.21. The van der Waals surface area contributed by atoms with Crippen LogP contribution in [0, 0.1) is 17.8 Å². The minimum atomic E-state index is -0.170. The first-order chi connectivity index (χ1) is 12.7. The molecule has 1 aromatic rings. The van der Waals surface area contributed by atoms with Crippen molar-refractivity contribution in [3.05, 3.63) is 18.5 Å². The van der Waals surface area contributed by atoms with Crippen molar-refractivity contribution >= 4 is 17.8 Å². The van der Waals surface area contributed by atoms with Crippen molar-refractivity contribution in [3.8, 4) is 0 Å². The number of esters is 1. The second kappa shape index (κ2) is 7.19. The molecule has 3 fully saturated rings. The minimum absolute atomic E-state index is 0.146. The molecule has 2 aliphatic heterocycles. The van der Waals surface area contributed by atoms with E-state index in [-0.39, 0.29) is 17.8 Å². The zero-order chi connectivity index (χ0) is 18.1. The molecule has 0 aromatic carbocycles. The highest BCUT2D eigenvalue weighted by Crippen LogP contribution is 2.52. The molecule has 26 heavy (non-hydrogen) atoms. The second-order valence-corrected chi connectivity index (χ2v) is 7.21. The number of carbonyl (C=O) groups is 2. The largest absolute Gasteiger partial charge is 0.465 e. The topological polar surface area (TPSA) is 78.9 Å². The van der Waals surface area contributed by atoms with Crippen molar-refractivity contribution in [2.45, 2.75) is 6.92 Å². The maximum atomic E-state index is 12.8. The number of fused-ring (bicyclic) bond motifs is 1. The lowest BCUT2D eigenvalue weighted by Gasteiger charge is -2.35. The van der Waals surface area contributed by atoms with Crippen LogP contribution >= 0.6 is 0 Å². The Kier molecular flexibility index (Phi) is 4.76. The third-order valence-corrected chi connectivity index (χ3v) is 5.64. The zero-order valence-electron chi connectivity index (χ0n) is 15.1. The van der Waals surface area contributed by atoms with Gasteiger partial charge in [0, 0.05) is 57.6 Å². The van der Waals surface area contributed by atoms with Gasteiger partial charge in [0.1, 0.15) is 0 Å². The molecule has 1 amide bonds. The third-order valence-electron chi connectivity index (χ3n) is 5.64. The van der Waals surface area contributed by atoms with E-state index in [2.05, 4.69) is 19.8 Å². The van der Waals surface area contributed by atoms with Crippen molar-refractivity contribution in [2.75, 3.05) is 57.3 Å². The van der Waals surface area contributed by atoms with Crippen LogP contribution in [0.2, 0.25) is 0 Å². The Balaban J connectivity index is 1.23. The van der Waals surface area contributed by atoms with E-state index in [1.807, 2.05) is 11.8 Å². The molecule has 8 nitrogen and oxygen atoms in total. The van der Waals surface area contributed by atoms with Gasteiger partial charge in [-0.15, -0.1) is 0 Å². The van der Waals surface area contributed by atoms with E-state index in [9.17, 15) is 9.59 Å². The van der Waals surface area contributed by atoms with Gasteiger partial charge < -0.3 is 14.5 Å². The van der Waals surface area contributed by atoms with Gasteiger partial charge in [-0.05, 0) is 24.8 Å². The van der Waals surface area contributed by atoms with Gasteiger partial charge in [0.15, 0.2) is 0 Å². The monoisotopic (exact) mass is 359 g/mol. The fraction of sp³-hybridized carbons (Fsp3) is 0.667. The summed E-state index contributed by atoms with van der Waals surface area (Å²) in [6, 6.07) is 1.81. The Morgan fingerprint density at radius 1 is 1.12 bits per heavy atom. The molecule has 1 saturated carbocycles. The van der Waals surface area contributed by atoms with Gasteiger partial charge in [0.05, 0.1) is 13.2 Å². The van der Waals surface area contributed by atoms with E-state index in [0.717, 1.165) is 45.2 Å². The van der Waals surface area contributed by atoms with Gasteiger partial charge in [0.25, 0.3) is 0 Å². The van der Waals surface area contributed by atoms with Gasteiger partial charge in [-0.2, -0.15) is 0 Å². The summed E-state index contributed by atoms with van der Waals surface area (Å²) in [5.41, 5.74) is 0. The summed E-state index contributed by atoms with van der Waals surface area (Å²) in [6.07, 6.45) is 3.49. The van der Waals surface area contributed by atoms with Crippen LogP contribution in [-0.4, -0.2) is 84.1 Å². The van der Waals surface area contributed by atoms with Crippen LogP contribution in [0.4, 0.5) is 5.95 Å². The van der Waals surface area contributed by atoms with E-state index < -0.39 is 0 Å². The summed E-state index contributed by atoms with van der Waals surface area (Å²) in [7, 11) is 0. The fourth-order valence-corrected chi connectivity index (χ4v) is 4.29. The first-order valence-electron chi connectivity index (χ1n) is 9.36. The lowest BCUT2D eigenvalue weighted by Crippen LogP contribution is -2.50. The molecule has 3 heterocycles. The van der Waals surface area contributed by atoms with E-state index >= 15 is 0 Å². The van der Waals surface area contributed by atoms with E-state index in [1.165, 1.54) is 0 Å². The molecule has 1 aromatic heterocycles. The van der Waals surface area contributed by atoms with Gasteiger partial charge in [-0.1, -0.05) is 0 Å². The quantitative estimate of drug-likeness (QED) is 0.678. The predicted octanol–water partition coefficient (Wildman–Crippen LogP) is -0.134. The highest BCUT2D eigenvalue weighted by atomic mass is 16.5. The maximum absolute atomic E-state index is 12.8. The number of hydrogen-bond donors (Lipinski definition) is 0. The molecule has 3 aliphatic rings. The molecule has 0 radical (unpaired) electrons. The Morgan fingerprint density at radius 3 is 2.38 bits per heavy atom. The van der Waals surface area contributed by atoms with Crippen molar-refractivity contribution in [3.63, 3.8) is 0 Å². The van der Waals surface area contributed by atoms with Crippen LogP contribution in [0.25, 0.3) is 0 Å². The maximum Gasteiger partial charge on any atom is 0.320 e. The number of ether oxygens (including phenoxy) is 1. The minimum Gasteiger partial charge on any atom is -0.465 e. The Morgan fingerprint density at radius 2 is 1.77 bits per heavy atom. The van der Waals surface area contributed by atoms with Crippen LogP contribution in [0.5, 0.6) is 0 Å². The van der Waals surface area contributed by atoms with Gasteiger partial charge in [-0.3, -0.25) is 14.5 Å². The Labute approximate surface area is 153 Å². The molecular formula is C18H25N5O3. The molecule has 8 heteroatoms. The fourth-order valence-electron chi connectivity index (χ4n) is 4.29. The standard InChI is InChI=1S/C18H25N5O3/c1-2-26-15(24)12-21-10-13-14(11-21)16(13)17(25)22-6-8-23(9-7-22)18-19-4-3-5-20-18/h3-5,13-14,16H,2,6-12H2,1H3/t13-,14+,16?. The third kappa shape index (κ3) is 3.38. The van der Waals surface area contributed by atoms with E-state index in [0.29, 0.717) is 25.0 Å². The van der Waals surface area contributed by atoms with Gasteiger partial charge in [-0.25, -0.2) is 9.97 Å². The van der Waals surface area contributed by atoms with Gasteiger partial charge in [0.2, 0.25) is 11.9 Å². The first-order valence-corrected chi connectivity index (χ1v) is 9.36. The Hall–Kier alpha value is -2.22. The van der Waals surface area contributed by atoms with Crippen LogP contribution in [0.1, 0.15) is 6.92 Å². The number of nitrogens with zero attached hydrogens (tertiary/aromatic N) is 5. The van der Waals surface area contributed by atoms with Crippen LogP contribution in [0.15, 0.2) is 18.5 Å². The normalized spacial score (nSPS) is 28.0. The molecule has 1 aliphatic carbocycles. The molecule has 0 spiro atoms. The number of rotatable bonds is 5. The smallest absolute Gasteiger partial charge is 0.320 e. The van der Waals surface area contributed by atoms with E-state index in [1.54, 1.807) is 18.5 Å². The van der Waals surface area contributed by atoms with Crippen molar-refractivity contribution in [1.29, 1.82) is 0 Å². The summed E-state index contributed by atoms with van der Waals surface area (Å²) in [6.45, 7) is 7.23. The van der Waals surface area contributed by atoms with Crippen molar-refractivity contribution < 1.29 is 14.3 Å². The Bertz CT molecular complexity index is 650. The summed E-state index contributed by atoms with van der Waals surface area (Å²) >= 11 is 0. The summed E-state index contributed by atoms with van der Waals surface area (Å²) in [4.78, 5) is 39.2. The lowest BCUT2D eigenvalue weighted by molar-refractivity contribution is -0.144. The molecule has 4 rings (SSSR count). The van der Waals surface area contributed by atoms with Crippen LogP contribution in [0.3, 0.4) is 0 Å². The van der Waals surface area contributed by atoms with Crippen molar-refractivity contribution in [2.24, 2.45) is 17.8 Å². The highest BCUT2D eigenvalue weighted by Gasteiger charge is 2.60. The number of carbonyl (C=O) groups excluding carboxylic acids is 2. The van der Waals surface area contributed by atoms with E-state index in [4.69, 9.17) is 4.74 Å². The molecule has 1 unspecified atom stereocenters. The number of amides is 1. The first kappa shape index (κ1) is 17.2. The molecule has 140 valence electrons. The molecule has 0 N–H and O–H groups in total. The number of hydrogen-bond acceptors (Lipinski definition) is 7. The number of likely N-dealkylation sites (tertiary alicyclic amines) is 1. The zero-order valence-corrected chi connectivity index (χ0v) is 15.1. The molecule has 3 atom stereocenters. The molecule has 0 bridgehead atoms.